The van der Waals surface area contributed by atoms with Gasteiger partial charge in [-0.1, -0.05) is 24.3 Å². The van der Waals surface area contributed by atoms with Crippen LogP contribution in [-0.2, 0) is 21.7 Å². The van der Waals surface area contributed by atoms with Crippen LogP contribution in [0.1, 0.15) is 28.2 Å². The lowest BCUT2D eigenvalue weighted by atomic mass is 9.82. The zero-order chi connectivity index (χ0) is 21.5. The van der Waals surface area contributed by atoms with Crippen LogP contribution in [0.25, 0.3) is 0 Å². The van der Waals surface area contributed by atoms with E-state index in [0.29, 0.717) is 22.2 Å². The average Bonchev–Trinajstić information content (AvgIpc) is 3.48. The van der Waals surface area contributed by atoms with Gasteiger partial charge in [-0.25, -0.2) is 9.18 Å². The summed E-state index contributed by atoms with van der Waals surface area (Å²) in [6.07, 6.45) is 1.71. The highest BCUT2D eigenvalue weighted by atomic mass is 79.9. The van der Waals surface area contributed by atoms with Crippen LogP contribution in [0.15, 0.2) is 59.3 Å². The molecule has 0 saturated carbocycles. The number of thiophene rings is 2. The Kier molecular flexibility index (Phi) is 6.89. The molecule has 1 aromatic carbocycles. The Morgan fingerprint density at radius 2 is 1.75 bits per heavy atom. The number of hydrogen-bond acceptors (Lipinski definition) is 5. The molecule has 3 aromatic rings. The summed E-state index contributed by atoms with van der Waals surface area (Å²) in [4.78, 5) is 14.5. The van der Waals surface area contributed by atoms with Gasteiger partial charge in [0.2, 0.25) is 5.60 Å². The van der Waals surface area contributed by atoms with Crippen LogP contribution in [0.5, 0.6) is 0 Å². The largest absolute Gasteiger partial charge is 1.00 e. The van der Waals surface area contributed by atoms with Gasteiger partial charge in [-0.05, 0) is 35.0 Å². The predicted molar refractivity (Wildman–Crippen MR) is 119 cm³/mol. The topological polar surface area (TPSA) is 46.5 Å². The molecule has 5 heterocycles. The lowest BCUT2D eigenvalue weighted by Gasteiger charge is -2.52. The van der Waals surface area contributed by atoms with Crippen molar-refractivity contribution in [2.45, 2.75) is 31.1 Å². The van der Waals surface area contributed by atoms with E-state index < -0.39 is 11.6 Å². The highest BCUT2D eigenvalue weighted by Crippen LogP contribution is 2.41. The summed E-state index contributed by atoms with van der Waals surface area (Å²) < 4.78 is 20.6. The first kappa shape index (κ1) is 23.6. The second-order valence-corrected chi connectivity index (χ2v) is 10.6. The number of quaternary nitrogens is 1. The lowest BCUT2D eigenvalue weighted by Crippen LogP contribution is -3.00. The van der Waals surface area contributed by atoms with Crippen LogP contribution in [0.2, 0.25) is 0 Å². The molecule has 3 saturated heterocycles. The van der Waals surface area contributed by atoms with Crippen LogP contribution in [0, 0.1) is 11.7 Å². The van der Waals surface area contributed by atoms with Crippen molar-refractivity contribution in [2.24, 2.45) is 5.92 Å². The molecule has 3 aliphatic heterocycles. The van der Waals surface area contributed by atoms with E-state index in [9.17, 15) is 14.3 Å². The van der Waals surface area contributed by atoms with Crippen LogP contribution in [0.4, 0.5) is 4.39 Å². The Balaban J connectivity index is 0.00000245. The van der Waals surface area contributed by atoms with Gasteiger partial charge < -0.3 is 31.3 Å². The van der Waals surface area contributed by atoms with Crippen molar-refractivity contribution in [3.8, 4) is 0 Å². The third kappa shape index (κ3) is 4.31. The van der Waals surface area contributed by atoms with Crippen molar-refractivity contribution >= 4 is 28.6 Å². The quantitative estimate of drug-likeness (QED) is 0.383. The molecule has 8 heteroatoms. The molecule has 0 unspecified atom stereocenters. The van der Waals surface area contributed by atoms with E-state index in [1.54, 1.807) is 24.3 Å². The zero-order valence-corrected chi connectivity index (χ0v) is 20.7. The standard InChI is InChI=1S/C24H25FNO3S2.BrH/c25-19-5-1-4-17(14-19)15-26-10-8-18(9-11-26)20(16-26)29-23(27)24(28,21-6-2-12-30-21)22-7-3-13-31-22;/h1-7,12-14,18,20,28H,8-11,15-16H2;1H/q+1;/p-1/t18?,20-,26?;/m0./s1. The van der Waals surface area contributed by atoms with E-state index in [4.69, 9.17) is 4.74 Å². The summed E-state index contributed by atoms with van der Waals surface area (Å²) >= 11 is 2.71. The minimum Gasteiger partial charge on any atom is -1.00 e. The third-order valence-electron chi connectivity index (χ3n) is 6.76. The van der Waals surface area contributed by atoms with Crippen LogP contribution in [0.3, 0.4) is 0 Å². The van der Waals surface area contributed by atoms with Crippen molar-refractivity contribution in [1.82, 2.24) is 0 Å². The second-order valence-electron chi connectivity index (χ2n) is 8.71. The fraction of sp³-hybridized carbons (Fsp3) is 0.375. The molecule has 3 fully saturated rings. The smallest absolute Gasteiger partial charge is 0.349 e. The van der Waals surface area contributed by atoms with Crippen molar-refractivity contribution in [2.75, 3.05) is 19.6 Å². The highest BCUT2D eigenvalue weighted by molar-refractivity contribution is 7.12. The van der Waals surface area contributed by atoms with Crippen LogP contribution in [-0.4, -0.2) is 41.3 Å². The van der Waals surface area contributed by atoms with Crippen molar-refractivity contribution in [1.29, 1.82) is 0 Å². The summed E-state index contributed by atoms with van der Waals surface area (Å²) in [6, 6.07) is 14.0. The number of rotatable bonds is 6. The number of aliphatic hydroxyl groups is 1. The summed E-state index contributed by atoms with van der Waals surface area (Å²) in [5.41, 5.74) is -0.805. The summed E-state index contributed by atoms with van der Waals surface area (Å²) in [5.74, 6) is -0.505. The van der Waals surface area contributed by atoms with Gasteiger partial charge in [0, 0.05) is 24.3 Å². The minimum atomic E-state index is -1.78. The van der Waals surface area contributed by atoms with Crippen LogP contribution < -0.4 is 17.0 Å². The molecule has 2 aromatic heterocycles. The predicted octanol–water partition coefficient (Wildman–Crippen LogP) is 1.54. The van der Waals surface area contributed by atoms with Crippen molar-refractivity contribution in [3.05, 3.63) is 80.4 Å². The van der Waals surface area contributed by atoms with E-state index in [0.717, 1.165) is 42.5 Å². The molecular formula is C24H25BrFNO3S2. The highest BCUT2D eigenvalue weighted by Gasteiger charge is 2.51. The minimum absolute atomic E-state index is 0. The Hall–Kier alpha value is -1.58. The number of benzene rings is 1. The van der Waals surface area contributed by atoms with Gasteiger partial charge in [-0.15, -0.1) is 22.7 Å². The van der Waals surface area contributed by atoms with E-state index in [-0.39, 0.29) is 28.9 Å². The molecule has 3 aliphatic rings. The maximum Gasteiger partial charge on any atom is 0.349 e. The van der Waals surface area contributed by atoms with Crippen molar-refractivity contribution < 1.29 is 40.5 Å². The van der Waals surface area contributed by atoms with Gasteiger partial charge in [-0.2, -0.15) is 0 Å². The number of carbonyl (C=O) groups is 1. The van der Waals surface area contributed by atoms with E-state index in [1.807, 2.05) is 29.0 Å². The molecule has 170 valence electrons. The fourth-order valence-electron chi connectivity index (χ4n) is 5.11. The molecule has 0 aliphatic carbocycles. The number of halogens is 2. The molecule has 0 radical (unpaired) electrons. The molecule has 4 nitrogen and oxygen atoms in total. The number of ether oxygens (including phenoxy) is 1. The van der Waals surface area contributed by atoms with Gasteiger partial charge in [-0.3, -0.25) is 0 Å². The molecule has 32 heavy (non-hydrogen) atoms. The first-order valence-electron chi connectivity index (χ1n) is 10.6. The maximum atomic E-state index is 13.7. The average molecular weight is 539 g/mol. The van der Waals surface area contributed by atoms with Gasteiger partial charge in [0.25, 0.3) is 0 Å². The number of carbonyl (C=O) groups excluding carboxylic acids is 1. The number of fused-ring (bicyclic) bond motifs is 3. The normalized spacial score (nSPS) is 24.7. The number of piperidine rings is 3. The Morgan fingerprint density at radius 1 is 1.09 bits per heavy atom. The number of esters is 1. The van der Waals surface area contributed by atoms with E-state index >= 15 is 0 Å². The first-order chi connectivity index (χ1) is 15.0. The van der Waals surface area contributed by atoms with Gasteiger partial charge in [0.05, 0.1) is 22.8 Å². The van der Waals surface area contributed by atoms with Gasteiger partial charge in [0.1, 0.15) is 18.9 Å². The summed E-state index contributed by atoms with van der Waals surface area (Å²) in [6.45, 7) is 3.46. The monoisotopic (exact) mass is 537 g/mol. The summed E-state index contributed by atoms with van der Waals surface area (Å²) in [7, 11) is 0. The SMILES string of the molecule is O=C(O[C@H]1C[N+]2(Cc3cccc(F)c3)CCC1CC2)C(O)(c1cccs1)c1cccs1.[Br-]. The molecule has 2 bridgehead atoms. The molecular weight excluding hydrogens is 513 g/mol. The molecule has 6 rings (SSSR count). The molecule has 1 N–H and O–H groups in total. The lowest BCUT2D eigenvalue weighted by molar-refractivity contribution is -0.958. The Bertz CT molecular complexity index is 1010. The molecule has 0 spiro atoms. The fourth-order valence-corrected chi connectivity index (χ4v) is 6.83. The van der Waals surface area contributed by atoms with Crippen molar-refractivity contribution in [3.63, 3.8) is 0 Å². The first-order valence-corrected chi connectivity index (χ1v) is 12.4. The summed E-state index contributed by atoms with van der Waals surface area (Å²) in [5, 5.41) is 15.2. The third-order valence-corrected chi connectivity index (χ3v) is 8.72. The Morgan fingerprint density at radius 3 is 2.31 bits per heavy atom. The zero-order valence-electron chi connectivity index (χ0n) is 17.5. The molecule has 0 amide bonds. The van der Waals surface area contributed by atoms with Gasteiger partial charge >= 0.3 is 5.97 Å². The van der Waals surface area contributed by atoms with E-state index in [1.165, 1.54) is 28.7 Å². The maximum absolute atomic E-state index is 13.7. The second kappa shape index (κ2) is 9.35. The van der Waals surface area contributed by atoms with Gasteiger partial charge in [0.15, 0.2) is 6.10 Å². The number of nitrogens with zero attached hydrogens (tertiary/aromatic N) is 1. The molecule has 1 atom stereocenters. The number of hydrogen-bond donors (Lipinski definition) is 1. The Labute approximate surface area is 205 Å². The van der Waals surface area contributed by atoms with E-state index in [2.05, 4.69) is 0 Å². The van der Waals surface area contributed by atoms with Crippen LogP contribution >= 0.6 is 22.7 Å².